The highest BCUT2D eigenvalue weighted by molar-refractivity contribution is 5.86. The summed E-state index contributed by atoms with van der Waals surface area (Å²) in [6, 6.07) is 1.18. The second kappa shape index (κ2) is 5.49. The third-order valence-corrected chi connectivity index (χ3v) is 3.70. The molecule has 2 fully saturated rings. The van der Waals surface area contributed by atoms with Crippen LogP contribution < -0.4 is 5.32 Å². The number of hydrogen-bond acceptors (Lipinski definition) is 4. The monoisotopic (exact) mass is 239 g/mol. The standard InChI is InChI=1S/C12H21N3O2/c1-3-6-13-12(16)17-14-9-7-10-4-5-11(8-9)15(10)2/h10-11H,3-8H2,1-2H3,(H,13,16). The van der Waals surface area contributed by atoms with Crippen molar-refractivity contribution in [1.29, 1.82) is 0 Å². The van der Waals surface area contributed by atoms with Gasteiger partial charge in [-0.15, -0.1) is 0 Å². The Hall–Kier alpha value is -1.10. The fourth-order valence-electron chi connectivity index (χ4n) is 2.65. The predicted octanol–water partition coefficient (Wildman–Crippen LogP) is 1.74. The first-order chi connectivity index (χ1) is 8.20. The Morgan fingerprint density at radius 1 is 1.47 bits per heavy atom. The van der Waals surface area contributed by atoms with Crippen LogP contribution in [0, 0.1) is 0 Å². The molecule has 2 aliphatic rings. The van der Waals surface area contributed by atoms with Crippen molar-refractivity contribution in [2.75, 3.05) is 13.6 Å². The van der Waals surface area contributed by atoms with Crippen molar-refractivity contribution in [2.24, 2.45) is 5.16 Å². The third-order valence-electron chi connectivity index (χ3n) is 3.70. The van der Waals surface area contributed by atoms with Crippen molar-refractivity contribution < 1.29 is 9.63 Å². The topological polar surface area (TPSA) is 53.9 Å². The molecule has 0 radical (unpaired) electrons. The van der Waals surface area contributed by atoms with Crippen molar-refractivity contribution in [2.45, 2.75) is 51.1 Å². The molecule has 0 spiro atoms. The summed E-state index contributed by atoms with van der Waals surface area (Å²) in [6.45, 7) is 2.64. The van der Waals surface area contributed by atoms with E-state index in [0.29, 0.717) is 18.6 Å². The Bertz CT molecular complexity index is 301. The summed E-state index contributed by atoms with van der Waals surface area (Å²) < 4.78 is 0. The van der Waals surface area contributed by atoms with Gasteiger partial charge in [0.05, 0.1) is 5.71 Å². The summed E-state index contributed by atoms with van der Waals surface area (Å²) in [5.41, 5.74) is 1.03. The van der Waals surface area contributed by atoms with Crippen LogP contribution in [-0.2, 0) is 4.84 Å². The SMILES string of the molecule is CCCNC(=O)ON=C1CC2CCC(C1)N2C. The molecule has 0 saturated carbocycles. The normalized spacial score (nSPS) is 28.0. The molecule has 2 bridgehead atoms. The van der Waals surface area contributed by atoms with Gasteiger partial charge < -0.3 is 5.32 Å². The Morgan fingerprint density at radius 2 is 2.12 bits per heavy atom. The highest BCUT2D eigenvalue weighted by Gasteiger charge is 2.36. The average molecular weight is 239 g/mol. The van der Waals surface area contributed by atoms with Crippen LogP contribution in [0.2, 0.25) is 0 Å². The number of fused-ring (bicyclic) bond motifs is 2. The molecule has 2 rings (SSSR count). The molecule has 2 aliphatic heterocycles. The zero-order valence-electron chi connectivity index (χ0n) is 10.6. The van der Waals surface area contributed by atoms with Crippen LogP contribution in [0.25, 0.3) is 0 Å². The second-order valence-electron chi connectivity index (χ2n) is 4.92. The second-order valence-corrected chi connectivity index (χ2v) is 4.92. The van der Waals surface area contributed by atoms with Crippen LogP contribution >= 0.6 is 0 Å². The molecule has 0 aromatic rings. The van der Waals surface area contributed by atoms with E-state index >= 15 is 0 Å². The van der Waals surface area contributed by atoms with Crippen LogP contribution in [0.4, 0.5) is 4.79 Å². The van der Waals surface area contributed by atoms with Crippen LogP contribution in [0.5, 0.6) is 0 Å². The van der Waals surface area contributed by atoms with Crippen molar-refractivity contribution in [3.8, 4) is 0 Å². The summed E-state index contributed by atoms with van der Waals surface area (Å²) in [6.07, 6.45) is 4.82. The maximum Gasteiger partial charge on any atom is 0.433 e. The Labute approximate surface area is 102 Å². The van der Waals surface area contributed by atoms with Crippen molar-refractivity contribution >= 4 is 11.8 Å². The minimum atomic E-state index is -0.439. The minimum absolute atomic E-state index is 0.439. The highest BCUT2D eigenvalue weighted by Crippen LogP contribution is 2.32. The van der Waals surface area contributed by atoms with Gasteiger partial charge in [0.15, 0.2) is 0 Å². The van der Waals surface area contributed by atoms with Crippen molar-refractivity contribution in [3.63, 3.8) is 0 Å². The molecule has 5 heteroatoms. The van der Waals surface area contributed by atoms with E-state index < -0.39 is 6.09 Å². The molecule has 0 aromatic carbocycles. The lowest BCUT2D eigenvalue weighted by atomic mass is 10.0. The molecule has 2 atom stereocenters. The zero-order valence-corrected chi connectivity index (χ0v) is 10.6. The van der Waals surface area contributed by atoms with E-state index in [0.717, 1.165) is 25.0 Å². The Balaban J connectivity index is 1.81. The van der Waals surface area contributed by atoms with E-state index in [-0.39, 0.29) is 0 Å². The maximum absolute atomic E-state index is 11.2. The average Bonchev–Trinajstić information content (AvgIpc) is 2.57. The molecular formula is C12H21N3O2. The number of oxime groups is 1. The van der Waals surface area contributed by atoms with Gasteiger partial charge in [-0.25, -0.2) is 4.79 Å². The first-order valence-corrected chi connectivity index (χ1v) is 6.43. The number of amides is 1. The summed E-state index contributed by atoms with van der Waals surface area (Å²) in [5.74, 6) is 0. The lowest BCUT2D eigenvalue weighted by molar-refractivity contribution is 0.147. The molecule has 2 saturated heterocycles. The molecule has 96 valence electrons. The van der Waals surface area contributed by atoms with Gasteiger partial charge in [-0.3, -0.25) is 9.74 Å². The van der Waals surface area contributed by atoms with Gasteiger partial charge in [0.1, 0.15) is 0 Å². The molecule has 2 unspecified atom stereocenters. The fraction of sp³-hybridized carbons (Fsp3) is 0.833. The molecule has 0 aliphatic carbocycles. The Kier molecular flexibility index (Phi) is 3.99. The number of rotatable bonds is 3. The summed E-state index contributed by atoms with van der Waals surface area (Å²) in [5, 5.41) is 6.63. The highest BCUT2D eigenvalue weighted by atomic mass is 16.7. The maximum atomic E-state index is 11.2. The number of nitrogens with one attached hydrogen (secondary N) is 1. The third kappa shape index (κ3) is 2.97. The van der Waals surface area contributed by atoms with Gasteiger partial charge >= 0.3 is 6.09 Å². The smallest absolute Gasteiger partial charge is 0.320 e. The lowest BCUT2D eigenvalue weighted by Crippen LogP contribution is -2.40. The first-order valence-electron chi connectivity index (χ1n) is 6.43. The number of piperidine rings is 1. The van der Waals surface area contributed by atoms with Crippen LogP contribution in [0.15, 0.2) is 5.16 Å². The van der Waals surface area contributed by atoms with Gasteiger partial charge in [-0.1, -0.05) is 12.1 Å². The first kappa shape index (κ1) is 12.4. The van der Waals surface area contributed by atoms with E-state index in [1.54, 1.807) is 0 Å². The minimum Gasteiger partial charge on any atom is -0.320 e. The van der Waals surface area contributed by atoms with Crippen LogP contribution in [0.1, 0.15) is 39.0 Å². The van der Waals surface area contributed by atoms with Gasteiger partial charge in [-0.2, -0.15) is 0 Å². The van der Waals surface area contributed by atoms with Gasteiger partial charge in [0, 0.05) is 31.5 Å². The fourth-order valence-corrected chi connectivity index (χ4v) is 2.65. The predicted molar refractivity (Wildman–Crippen MR) is 66.0 cm³/mol. The van der Waals surface area contributed by atoms with E-state index in [9.17, 15) is 4.79 Å². The summed E-state index contributed by atoms with van der Waals surface area (Å²) in [4.78, 5) is 18.5. The molecule has 17 heavy (non-hydrogen) atoms. The van der Waals surface area contributed by atoms with E-state index in [4.69, 9.17) is 4.84 Å². The van der Waals surface area contributed by atoms with E-state index in [1.165, 1.54) is 12.8 Å². The molecule has 2 heterocycles. The molecule has 0 aromatic heterocycles. The lowest BCUT2D eigenvalue weighted by Gasteiger charge is -2.31. The van der Waals surface area contributed by atoms with Crippen LogP contribution in [-0.4, -0.2) is 42.4 Å². The van der Waals surface area contributed by atoms with Crippen molar-refractivity contribution in [1.82, 2.24) is 10.2 Å². The number of carbonyl (C=O) groups is 1. The molecule has 5 nitrogen and oxygen atoms in total. The largest absolute Gasteiger partial charge is 0.433 e. The number of hydrogen-bond donors (Lipinski definition) is 1. The van der Waals surface area contributed by atoms with Gasteiger partial charge in [0.2, 0.25) is 0 Å². The summed E-state index contributed by atoms with van der Waals surface area (Å²) >= 11 is 0. The quantitative estimate of drug-likeness (QED) is 0.603. The molecular weight excluding hydrogens is 218 g/mol. The van der Waals surface area contributed by atoms with Crippen LogP contribution in [0.3, 0.4) is 0 Å². The van der Waals surface area contributed by atoms with E-state index in [2.05, 4.69) is 22.4 Å². The van der Waals surface area contributed by atoms with E-state index in [1.807, 2.05) is 6.92 Å². The van der Waals surface area contributed by atoms with Gasteiger partial charge in [-0.05, 0) is 26.3 Å². The zero-order chi connectivity index (χ0) is 12.3. The molecule has 1 amide bonds. The molecule has 1 N–H and O–H groups in total. The number of carbonyl (C=O) groups excluding carboxylic acids is 1. The van der Waals surface area contributed by atoms with Crippen molar-refractivity contribution in [3.05, 3.63) is 0 Å². The Morgan fingerprint density at radius 3 is 2.71 bits per heavy atom. The summed E-state index contributed by atoms with van der Waals surface area (Å²) in [7, 11) is 2.17. The number of nitrogens with zero attached hydrogens (tertiary/aromatic N) is 2. The van der Waals surface area contributed by atoms with Gasteiger partial charge in [0.25, 0.3) is 0 Å².